The number of pyridine rings is 1. The molecule has 0 amide bonds. The molecule has 0 spiro atoms. The van der Waals surface area contributed by atoms with Crippen LogP contribution in [0.15, 0.2) is 82.1 Å². The molecule has 0 N–H and O–H groups in total. The van der Waals surface area contributed by atoms with Crippen molar-refractivity contribution >= 4 is 0 Å². The van der Waals surface area contributed by atoms with E-state index in [0.29, 0.717) is 18.4 Å². The molecule has 184 valence electrons. The monoisotopic (exact) mass is 481 g/mol. The number of hydrogen-bond acceptors (Lipinski definition) is 5. The van der Waals surface area contributed by atoms with Gasteiger partial charge in [-0.1, -0.05) is 36.8 Å². The molecule has 0 unspecified atom stereocenters. The van der Waals surface area contributed by atoms with Crippen molar-refractivity contribution in [2.75, 3.05) is 0 Å². The van der Waals surface area contributed by atoms with Crippen molar-refractivity contribution < 1.29 is 9.15 Å². The lowest BCUT2D eigenvalue weighted by molar-refractivity contribution is 0.299. The Morgan fingerprint density at radius 1 is 1.03 bits per heavy atom. The van der Waals surface area contributed by atoms with Crippen molar-refractivity contribution in [2.45, 2.75) is 57.6 Å². The molecule has 2 saturated carbocycles. The second-order valence-electron chi connectivity index (χ2n) is 10.5. The van der Waals surface area contributed by atoms with Crippen molar-refractivity contribution in [1.29, 1.82) is 0 Å². The SMILES string of the molecule is CC(C)n1nc(-c2ccc([C@]3(c4ccc(OCc5ccccn5)cc4)C[C@@H]4CC[C@H]3C4)cc2)oc1=O. The molecule has 6 nitrogen and oxygen atoms in total. The van der Waals surface area contributed by atoms with Crippen LogP contribution in [0, 0.1) is 11.8 Å². The minimum atomic E-state index is -0.418. The second kappa shape index (κ2) is 9.08. The topological polar surface area (TPSA) is 70.2 Å². The Kier molecular flexibility index (Phi) is 5.75. The van der Waals surface area contributed by atoms with Gasteiger partial charge in [0, 0.05) is 17.2 Å². The van der Waals surface area contributed by atoms with E-state index in [9.17, 15) is 4.79 Å². The molecule has 2 aromatic carbocycles. The molecule has 4 aromatic rings. The standard InChI is InChI=1S/C30H31N3O3/c1-20(2)33-29(34)36-28(32-33)22-7-10-23(11-8-22)30(18-21-6-9-25(30)17-21)24-12-14-27(15-13-24)35-19-26-5-3-4-16-31-26/h3-5,7-8,10-16,20-21,25H,6,9,17-19H2,1-2H3/t21-,25+,30+/m1/s1. The molecule has 2 aliphatic rings. The van der Waals surface area contributed by atoms with Crippen LogP contribution in [0.1, 0.15) is 62.4 Å². The fourth-order valence-corrected chi connectivity index (χ4v) is 6.33. The van der Waals surface area contributed by atoms with Gasteiger partial charge in [-0.15, -0.1) is 5.10 Å². The molecule has 2 fully saturated rings. The summed E-state index contributed by atoms with van der Waals surface area (Å²) in [4.78, 5) is 16.5. The number of ether oxygens (including phenoxy) is 1. The Morgan fingerprint density at radius 2 is 1.78 bits per heavy atom. The van der Waals surface area contributed by atoms with Crippen LogP contribution >= 0.6 is 0 Å². The van der Waals surface area contributed by atoms with Gasteiger partial charge in [-0.25, -0.2) is 4.79 Å². The average Bonchev–Trinajstić information content (AvgIpc) is 3.64. The largest absolute Gasteiger partial charge is 0.487 e. The van der Waals surface area contributed by atoms with Crippen molar-refractivity contribution in [1.82, 2.24) is 14.8 Å². The lowest BCUT2D eigenvalue weighted by Gasteiger charge is -2.39. The van der Waals surface area contributed by atoms with Gasteiger partial charge in [0.25, 0.3) is 0 Å². The Hall–Kier alpha value is -3.67. The zero-order valence-corrected chi connectivity index (χ0v) is 20.8. The minimum absolute atomic E-state index is 0.000901. The summed E-state index contributed by atoms with van der Waals surface area (Å²) in [6.07, 6.45) is 6.83. The highest BCUT2D eigenvalue weighted by molar-refractivity contribution is 5.55. The van der Waals surface area contributed by atoms with Crippen molar-refractivity contribution in [3.05, 3.63) is 100 Å². The van der Waals surface area contributed by atoms with Gasteiger partial charge in [-0.05, 0) is 92.5 Å². The van der Waals surface area contributed by atoms with Crippen molar-refractivity contribution in [3.8, 4) is 17.2 Å². The first-order valence-electron chi connectivity index (χ1n) is 12.9. The van der Waals surface area contributed by atoms with Gasteiger partial charge in [0.2, 0.25) is 5.89 Å². The maximum Gasteiger partial charge on any atom is 0.437 e. The predicted octanol–water partition coefficient (Wildman–Crippen LogP) is 6.16. The van der Waals surface area contributed by atoms with Gasteiger partial charge in [-0.2, -0.15) is 4.68 Å². The zero-order valence-electron chi connectivity index (χ0n) is 20.8. The summed E-state index contributed by atoms with van der Waals surface area (Å²) < 4.78 is 12.8. The van der Waals surface area contributed by atoms with Crippen LogP contribution in [0.25, 0.3) is 11.5 Å². The lowest BCUT2D eigenvalue weighted by atomic mass is 9.64. The molecule has 2 aliphatic carbocycles. The zero-order chi connectivity index (χ0) is 24.7. The van der Waals surface area contributed by atoms with Gasteiger partial charge in [0.15, 0.2) is 0 Å². The van der Waals surface area contributed by atoms with E-state index in [2.05, 4.69) is 46.5 Å². The van der Waals surface area contributed by atoms with E-state index in [1.165, 1.54) is 41.5 Å². The van der Waals surface area contributed by atoms with Crippen LogP contribution in [0.4, 0.5) is 0 Å². The summed E-state index contributed by atoms with van der Waals surface area (Å²) in [5, 5.41) is 4.39. The molecule has 2 bridgehead atoms. The maximum absolute atomic E-state index is 12.1. The fourth-order valence-electron chi connectivity index (χ4n) is 6.33. The summed E-state index contributed by atoms with van der Waals surface area (Å²) in [5.74, 6) is 2.21. The summed E-state index contributed by atoms with van der Waals surface area (Å²) in [7, 11) is 0. The highest BCUT2D eigenvalue weighted by Gasteiger charge is 2.52. The van der Waals surface area contributed by atoms with E-state index in [4.69, 9.17) is 9.15 Å². The second-order valence-corrected chi connectivity index (χ2v) is 10.5. The molecular formula is C30H31N3O3. The quantitative estimate of drug-likeness (QED) is 0.316. The highest BCUT2D eigenvalue weighted by Crippen LogP contribution is 2.60. The summed E-state index contributed by atoms with van der Waals surface area (Å²) in [6.45, 7) is 4.30. The van der Waals surface area contributed by atoms with E-state index < -0.39 is 5.76 Å². The van der Waals surface area contributed by atoms with Gasteiger partial charge < -0.3 is 9.15 Å². The Balaban J connectivity index is 1.29. The smallest absolute Gasteiger partial charge is 0.437 e. The summed E-state index contributed by atoms with van der Waals surface area (Å²) in [5.41, 5.74) is 4.42. The first kappa shape index (κ1) is 22.8. The van der Waals surface area contributed by atoms with Crippen LogP contribution in [-0.4, -0.2) is 14.8 Å². The van der Waals surface area contributed by atoms with E-state index in [0.717, 1.165) is 22.9 Å². The van der Waals surface area contributed by atoms with Crippen LogP contribution in [0.2, 0.25) is 0 Å². The molecule has 2 heterocycles. The number of rotatable bonds is 7. The number of aromatic nitrogens is 3. The third-order valence-electron chi connectivity index (χ3n) is 8.04. The first-order chi connectivity index (χ1) is 17.5. The van der Waals surface area contributed by atoms with Gasteiger partial charge in [0.05, 0.1) is 11.7 Å². The van der Waals surface area contributed by atoms with Crippen LogP contribution in [-0.2, 0) is 12.0 Å². The number of fused-ring (bicyclic) bond motifs is 2. The molecule has 2 aromatic heterocycles. The average molecular weight is 482 g/mol. The summed E-state index contributed by atoms with van der Waals surface area (Å²) in [6, 6.07) is 23.0. The molecule has 0 saturated heterocycles. The number of nitrogens with zero attached hydrogens (tertiary/aromatic N) is 3. The maximum atomic E-state index is 12.1. The van der Waals surface area contributed by atoms with Gasteiger partial charge >= 0.3 is 5.76 Å². The van der Waals surface area contributed by atoms with Crippen molar-refractivity contribution in [2.24, 2.45) is 11.8 Å². The van der Waals surface area contributed by atoms with Crippen molar-refractivity contribution in [3.63, 3.8) is 0 Å². The molecule has 0 aliphatic heterocycles. The molecule has 0 radical (unpaired) electrons. The predicted molar refractivity (Wildman–Crippen MR) is 138 cm³/mol. The molecule has 6 rings (SSSR count). The van der Waals surface area contributed by atoms with E-state index in [1.807, 2.05) is 44.2 Å². The fraction of sp³-hybridized carbons (Fsp3) is 0.367. The highest BCUT2D eigenvalue weighted by atomic mass is 16.5. The van der Waals surface area contributed by atoms with E-state index >= 15 is 0 Å². The Morgan fingerprint density at radius 3 is 2.36 bits per heavy atom. The Labute approximate surface area is 211 Å². The molecular weight excluding hydrogens is 450 g/mol. The molecule has 36 heavy (non-hydrogen) atoms. The third kappa shape index (κ3) is 3.94. The van der Waals surface area contributed by atoms with Crippen LogP contribution in [0.5, 0.6) is 5.75 Å². The molecule has 3 atom stereocenters. The minimum Gasteiger partial charge on any atom is -0.487 e. The van der Waals surface area contributed by atoms with Gasteiger partial charge in [0.1, 0.15) is 12.4 Å². The Bertz CT molecular complexity index is 1390. The van der Waals surface area contributed by atoms with Gasteiger partial charge in [-0.3, -0.25) is 4.98 Å². The number of hydrogen-bond donors (Lipinski definition) is 0. The van der Waals surface area contributed by atoms with Crippen LogP contribution in [0.3, 0.4) is 0 Å². The third-order valence-corrected chi connectivity index (χ3v) is 8.04. The summed E-state index contributed by atoms with van der Waals surface area (Å²) >= 11 is 0. The normalized spacial score (nSPS) is 22.9. The number of benzene rings is 2. The first-order valence-corrected chi connectivity index (χ1v) is 12.9. The van der Waals surface area contributed by atoms with E-state index in [-0.39, 0.29) is 11.5 Å². The van der Waals surface area contributed by atoms with E-state index in [1.54, 1.807) is 6.20 Å². The lowest BCUT2D eigenvalue weighted by Crippen LogP contribution is -2.34. The molecule has 6 heteroatoms. The van der Waals surface area contributed by atoms with Crippen LogP contribution < -0.4 is 10.5 Å².